The van der Waals surface area contributed by atoms with Crippen LogP contribution in [0.25, 0.3) is 0 Å². The van der Waals surface area contributed by atoms with Gasteiger partial charge in [0.05, 0.1) is 4.90 Å². The van der Waals surface area contributed by atoms with E-state index in [0.717, 1.165) is 12.8 Å². The van der Waals surface area contributed by atoms with Gasteiger partial charge in [0.25, 0.3) is 0 Å². The van der Waals surface area contributed by atoms with Crippen LogP contribution in [0.3, 0.4) is 0 Å². The fourth-order valence-corrected chi connectivity index (χ4v) is 4.59. The molecule has 2 rings (SSSR count). The maximum Gasteiger partial charge on any atom is 0.242 e. The molecule has 0 spiro atoms. The molecular formula is C12H17BrN2O2S. The first-order valence-electron chi connectivity index (χ1n) is 5.81. The predicted molar refractivity (Wildman–Crippen MR) is 75.7 cm³/mol. The van der Waals surface area contributed by atoms with Crippen LogP contribution in [-0.2, 0) is 10.0 Å². The van der Waals surface area contributed by atoms with Crippen LogP contribution in [0.1, 0.15) is 26.7 Å². The minimum atomic E-state index is -3.52. The van der Waals surface area contributed by atoms with Crippen molar-refractivity contribution in [2.45, 2.75) is 37.1 Å². The highest BCUT2D eigenvalue weighted by molar-refractivity contribution is 9.10. The summed E-state index contributed by atoms with van der Waals surface area (Å²) in [6.45, 7) is 3.85. The third-order valence-electron chi connectivity index (χ3n) is 3.24. The number of hydrogen-bond acceptors (Lipinski definition) is 3. The molecule has 0 amide bonds. The summed E-state index contributed by atoms with van der Waals surface area (Å²) >= 11 is 3.24. The molecule has 0 aliphatic heterocycles. The van der Waals surface area contributed by atoms with E-state index >= 15 is 0 Å². The standard InChI is InChI=1S/C12H17BrN2O2S/c1-12(2,8-3-4-8)15-18(16,17)11-6-5-9(14)7-10(11)13/h5-8,15H,3-4,14H2,1-2H3. The lowest BCUT2D eigenvalue weighted by molar-refractivity contribution is 0.400. The van der Waals surface area contributed by atoms with E-state index in [-0.39, 0.29) is 4.90 Å². The third-order valence-corrected chi connectivity index (χ3v) is 5.89. The lowest BCUT2D eigenvalue weighted by Gasteiger charge is -2.26. The van der Waals surface area contributed by atoms with Crippen molar-refractivity contribution in [3.05, 3.63) is 22.7 Å². The van der Waals surface area contributed by atoms with Gasteiger partial charge in [-0.3, -0.25) is 0 Å². The van der Waals surface area contributed by atoms with E-state index in [4.69, 9.17) is 5.73 Å². The molecule has 0 radical (unpaired) electrons. The number of sulfonamides is 1. The summed E-state index contributed by atoms with van der Waals surface area (Å²) in [7, 11) is -3.52. The molecule has 1 aromatic carbocycles. The second-order valence-electron chi connectivity index (χ2n) is 5.29. The average Bonchev–Trinajstić information content (AvgIpc) is 2.97. The molecule has 1 fully saturated rings. The van der Waals surface area contributed by atoms with Crippen LogP contribution in [0.4, 0.5) is 5.69 Å². The quantitative estimate of drug-likeness (QED) is 0.832. The molecule has 1 aliphatic carbocycles. The molecule has 0 saturated heterocycles. The summed E-state index contributed by atoms with van der Waals surface area (Å²) in [6.07, 6.45) is 2.16. The average molecular weight is 333 g/mol. The zero-order valence-electron chi connectivity index (χ0n) is 10.4. The molecule has 4 nitrogen and oxygen atoms in total. The Morgan fingerprint density at radius 3 is 2.50 bits per heavy atom. The predicted octanol–water partition coefficient (Wildman–Crippen LogP) is 2.50. The lowest BCUT2D eigenvalue weighted by atomic mass is 10.0. The van der Waals surface area contributed by atoms with E-state index in [1.54, 1.807) is 12.1 Å². The molecule has 1 aliphatic rings. The molecule has 0 atom stereocenters. The second-order valence-corrected chi connectivity index (χ2v) is 7.80. The van der Waals surface area contributed by atoms with Crippen LogP contribution in [0, 0.1) is 5.92 Å². The number of anilines is 1. The maximum atomic E-state index is 12.3. The molecular weight excluding hydrogens is 316 g/mol. The molecule has 0 heterocycles. The number of halogens is 1. The molecule has 0 bridgehead atoms. The molecule has 18 heavy (non-hydrogen) atoms. The van der Waals surface area contributed by atoms with Gasteiger partial charge in [0.15, 0.2) is 0 Å². The Morgan fingerprint density at radius 2 is 2.00 bits per heavy atom. The number of nitrogens with one attached hydrogen (secondary N) is 1. The molecule has 6 heteroatoms. The Morgan fingerprint density at radius 1 is 1.39 bits per heavy atom. The lowest BCUT2D eigenvalue weighted by Crippen LogP contribution is -2.45. The van der Waals surface area contributed by atoms with Crippen molar-refractivity contribution in [1.82, 2.24) is 4.72 Å². The van der Waals surface area contributed by atoms with Crippen LogP contribution in [0.2, 0.25) is 0 Å². The van der Waals surface area contributed by atoms with Crippen LogP contribution < -0.4 is 10.5 Å². The highest BCUT2D eigenvalue weighted by Gasteiger charge is 2.40. The minimum Gasteiger partial charge on any atom is -0.399 e. The monoisotopic (exact) mass is 332 g/mol. The zero-order chi connectivity index (χ0) is 13.6. The van der Waals surface area contributed by atoms with Gasteiger partial charge in [-0.05, 0) is 66.7 Å². The Balaban J connectivity index is 2.30. The number of nitrogen functional groups attached to an aromatic ring is 1. The fraction of sp³-hybridized carbons (Fsp3) is 0.500. The van der Waals surface area contributed by atoms with Gasteiger partial charge in [-0.1, -0.05) is 0 Å². The highest BCUT2D eigenvalue weighted by atomic mass is 79.9. The van der Waals surface area contributed by atoms with Crippen LogP contribution >= 0.6 is 15.9 Å². The number of rotatable bonds is 4. The Labute approximate surface area is 116 Å². The first-order chi connectivity index (χ1) is 8.22. The highest BCUT2D eigenvalue weighted by Crippen LogP contribution is 2.40. The van der Waals surface area contributed by atoms with Gasteiger partial charge in [0.1, 0.15) is 0 Å². The van der Waals surface area contributed by atoms with Crippen molar-refractivity contribution < 1.29 is 8.42 Å². The van der Waals surface area contributed by atoms with E-state index in [1.165, 1.54) is 6.07 Å². The smallest absolute Gasteiger partial charge is 0.242 e. The third kappa shape index (κ3) is 2.87. The first kappa shape index (κ1) is 13.8. The van der Waals surface area contributed by atoms with Gasteiger partial charge in [0, 0.05) is 15.7 Å². The van der Waals surface area contributed by atoms with Crippen molar-refractivity contribution in [2.75, 3.05) is 5.73 Å². The number of benzene rings is 1. The van der Waals surface area contributed by atoms with Gasteiger partial charge < -0.3 is 5.73 Å². The van der Waals surface area contributed by atoms with Crippen LogP contribution in [0.5, 0.6) is 0 Å². The molecule has 3 N–H and O–H groups in total. The van der Waals surface area contributed by atoms with E-state index in [2.05, 4.69) is 20.7 Å². The Bertz CT molecular complexity index is 565. The number of hydrogen-bond donors (Lipinski definition) is 2. The van der Waals surface area contributed by atoms with E-state index in [9.17, 15) is 8.42 Å². The molecule has 0 unspecified atom stereocenters. The molecule has 100 valence electrons. The molecule has 0 aromatic heterocycles. The molecule has 1 aromatic rings. The first-order valence-corrected chi connectivity index (χ1v) is 8.09. The van der Waals surface area contributed by atoms with Crippen molar-refractivity contribution in [3.63, 3.8) is 0 Å². The summed E-state index contributed by atoms with van der Waals surface area (Å²) < 4.78 is 27.9. The Hall–Kier alpha value is -0.590. The largest absolute Gasteiger partial charge is 0.399 e. The van der Waals surface area contributed by atoms with Gasteiger partial charge in [-0.25, -0.2) is 13.1 Å². The second kappa shape index (κ2) is 4.51. The van der Waals surface area contributed by atoms with Crippen molar-refractivity contribution in [2.24, 2.45) is 5.92 Å². The van der Waals surface area contributed by atoms with E-state index < -0.39 is 15.6 Å². The van der Waals surface area contributed by atoms with Gasteiger partial charge in [0.2, 0.25) is 10.0 Å². The topological polar surface area (TPSA) is 72.2 Å². The van der Waals surface area contributed by atoms with E-state index in [1.807, 2.05) is 13.8 Å². The fourth-order valence-electron chi connectivity index (χ4n) is 2.02. The van der Waals surface area contributed by atoms with Crippen LogP contribution in [0.15, 0.2) is 27.6 Å². The van der Waals surface area contributed by atoms with Gasteiger partial charge in [-0.15, -0.1) is 0 Å². The molecule has 1 saturated carbocycles. The summed E-state index contributed by atoms with van der Waals surface area (Å²) in [5, 5.41) is 0. The summed E-state index contributed by atoms with van der Waals surface area (Å²) in [5.74, 6) is 0.430. The maximum absolute atomic E-state index is 12.3. The van der Waals surface area contributed by atoms with E-state index in [0.29, 0.717) is 16.1 Å². The zero-order valence-corrected chi connectivity index (χ0v) is 12.8. The van der Waals surface area contributed by atoms with Crippen LogP contribution in [-0.4, -0.2) is 14.0 Å². The SMILES string of the molecule is CC(C)(NS(=O)(=O)c1ccc(N)cc1Br)C1CC1. The van der Waals surface area contributed by atoms with Gasteiger partial charge in [-0.2, -0.15) is 0 Å². The normalized spacial score (nSPS) is 16.8. The van der Waals surface area contributed by atoms with Crippen molar-refractivity contribution >= 4 is 31.6 Å². The number of nitrogens with two attached hydrogens (primary N) is 1. The Kier molecular flexibility index (Phi) is 3.46. The summed E-state index contributed by atoms with van der Waals surface area (Å²) in [5.41, 5.74) is 5.74. The summed E-state index contributed by atoms with van der Waals surface area (Å²) in [6, 6.07) is 4.70. The van der Waals surface area contributed by atoms with Crippen molar-refractivity contribution in [1.29, 1.82) is 0 Å². The van der Waals surface area contributed by atoms with Gasteiger partial charge >= 0.3 is 0 Å². The minimum absolute atomic E-state index is 0.227. The van der Waals surface area contributed by atoms with Crippen molar-refractivity contribution in [3.8, 4) is 0 Å². The summed E-state index contributed by atoms with van der Waals surface area (Å²) in [4.78, 5) is 0.227.